The summed E-state index contributed by atoms with van der Waals surface area (Å²) in [6.45, 7) is 5.74. The van der Waals surface area contributed by atoms with Gasteiger partial charge in [0.2, 0.25) is 5.82 Å². The van der Waals surface area contributed by atoms with Crippen LogP contribution < -0.4 is 10.2 Å². The lowest BCUT2D eigenvalue weighted by molar-refractivity contribution is 0.233. The van der Waals surface area contributed by atoms with Crippen LogP contribution in [0.1, 0.15) is 18.5 Å². The molecule has 5 heteroatoms. The Morgan fingerprint density at radius 2 is 2.30 bits per heavy atom. The summed E-state index contributed by atoms with van der Waals surface area (Å²) in [5.74, 6) is -2.30. The van der Waals surface area contributed by atoms with E-state index in [-0.39, 0.29) is 29.2 Å². The average molecular weight is 277 g/mol. The largest absolute Gasteiger partial charge is 0.486 e. The van der Waals surface area contributed by atoms with E-state index in [0.29, 0.717) is 17.5 Å². The van der Waals surface area contributed by atoms with Crippen LogP contribution in [0.4, 0.5) is 8.78 Å². The van der Waals surface area contributed by atoms with Crippen molar-refractivity contribution in [3.63, 3.8) is 0 Å². The van der Waals surface area contributed by atoms with Crippen LogP contribution in [0.2, 0.25) is 0 Å². The molecule has 0 amide bonds. The lowest BCUT2D eigenvalue weighted by Gasteiger charge is -2.27. The summed E-state index contributed by atoms with van der Waals surface area (Å²) < 4.78 is 34.5. The number of halogens is 2. The quantitative estimate of drug-likeness (QED) is 0.790. The molecule has 0 saturated carbocycles. The molecule has 2 heterocycles. The van der Waals surface area contributed by atoms with Crippen molar-refractivity contribution in [3.05, 3.63) is 52.3 Å². The Morgan fingerprint density at radius 1 is 1.55 bits per heavy atom. The van der Waals surface area contributed by atoms with E-state index < -0.39 is 11.6 Å². The molecule has 2 aromatic rings. The van der Waals surface area contributed by atoms with Gasteiger partial charge in [-0.3, -0.25) is 4.79 Å². The lowest BCUT2D eigenvalue weighted by atomic mass is 10.1. The zero-order chi connectivity index (χ0) is 14.4. The molecule has 0 aliphatic carbocycles. The van der Waals surface area contributed by atoms with E-state index in [2.05, 4.69) is 6.58 Å². The van der Waals surface area contributed by atoms with Gasteiger partial charge in [0.05, 0.1) is 16.9 Å². The van der Waals surface area contributed by atoms with E-state index in [1.165, 1.54) is 0 Å². The normalized spacial score (nSPS) is 17.1. The third-order valence-corrected chi connectivity index (χ3v) is 3.55. The lowest BCUT2D eigenvalue weighted by Crippen LogP contribution is -2.25. The van der Waals surface area contributed by atoms with Gasteiger partial charge in [0.25, 0.3) is 0 Å². The topological polar surface area (TPSA) is 31.2 Å². The number of hydrogen-bond donors (Lipinski definition) is 0. The van der Waals surface area contributed by atoms with Crippen molar-refractivity contribution in [2.45, 2.75) is 19.4 Å². The maximum Gasteiger partial charge on any atom is 0.202 e. The number of allylic oxidation sites excluding steroid dienone is 1. The van der Waals surface area contributed by atoms with Gasteiger partial charge in [0.15, 0.2) is 17.0 Å². The molecular formula is C15H13F2NO2. The number of rotatable bonds is 2. The summed E-state index contributed by atoms with van der Waals surface area (Å²) in [5, 5.41) is 0.143. The molecule has 3 nitrogen and oxygen atoms in total. The monoisotopic (exact) mass is 277 g/mol. The van der Waals surface area contributed by atoms with Crippen LogP contribution in [-0.4, -0.2) is 11.2 Å². The average Bonchev–Trinajstić information content (AvgIpc) is 2.42. The second kappa shape index (κ2) is 4.44. The van der Waals surface area contributed by atoms with E-state index in [0.717, 1.165) is 6.07 Å². The smallest absolute Gasteiger partial charge is 0.202 e. The highest BCUT2D eigenvalue weighted by atomic mass is 19.2. The highest BCUT2D eigenvalue weighted by Crippen LogP contribution is 2.35. The molecule has 20 heavy (non-hydrogen) atoms. The van der Waals surface area contributed by atoms with Gasteiger partial charge in [0, 0.05) is 11.8 Å². The van der Waals surface area contributed by atoms with Crippen LogP contribution in [0, 0.1) is 11.6 Å². The molecule has 1 aromatic heterocycles. The first-order valence-electron chi connectivity index (χ1n) is 6.34. The SMILES string of the molecule is C=CCc1cn2c3c(c(F)c(F)cc3c1=O)OCC2C. The van der Waals surface area contributed by atoms with Gasteiger partial charge in [-0.2, -0.15) is 4.39 Å². The Kier molecular flexibility index (Phi) is 2.85. The Balaban J connectivity index is 2.50. The van der Waals surface area contributed by atoms with Gasteiger partial charge in [-0.25, -0.2) is 4.39 Å². The van der Waals surface area contributed by atoms with Crippen LogP contribution in [0.25, 0.3) is 10.9 Å². The Morgan fingerprint density at radius 3 is 3.00 bits per heavy atom. The van der Waals surface area contributed by atoms with Crippen molar-refractivity contribution in [1.82, 2.24) is 4.57 Å². The van der Waals surface area contributed by atoms with Crippen molar-refractivity contribution in [1.29, 1.82) is 0 Å². The number of nitrogens with zero attached hydrogens (tertiary/aromatic N) is 1. The molecule has 0 spiro atoms. The minimum atomic E-state index is -1.07. The predicted molar refractivity (Wildman–Crippen MR) is 72.2 cm³/mol. The summed E-state index contributed by atoms with van der Waals surface area (Å²) in [6, 6.07) is 0.889. The second-order valence-corrected chi connectivity index (χ2v) is 4.94. The van der Waals surface area contributed by atoms with Gasteiger partial charge in [-0.1, -0.05) is 6.08 Å². The van der Waals surface area contributed by atoms with E-state index in [1.54, 1.807) is 16.8 Å². The molecule has 1 aliphatic rings. The molecule has 0 N–H and O–H groups in total. The Bertz CT molecular complexity index is 780. The van der Waals surface area contributed by atoms with Crippen molar-refractivity contribution in [2.24, 2.45) is 0 Å². The van der Waals surface area contributed by atoms with Crippen LogP contribution in [-0.2, 0) is 6.42 Å². The first kappa shape index (κ1) is 12.8. The third-order valence-electron chi connectivity index (χ3n) is 3.55. The van der Waals surface area contributed by atoms with E-state index >= 15 is 0 Å². The summed E-state index contributed by atoms with van der Waals surface area (Å²) in [4.78, 5) is 12.3. The van der Waals surface area contributed by atoms with Crippen molar-refractivity contribution >= 4 is 10.9 Å². The van der Waals surface area contributed by atoms with Gasteiger partial charge in [-0.05, 0) is 19.4 Å². The number of pyridine rings is 1. The first-order valence-corrected chi connectivity index (χ1v) is 6.34. The summed E-state index contributed by atoms with van der Waals surface area (Å²) in [7, 11) is 0. The van der Waals surface area contributed by atoms with Crippen LogP contribution in [0.3, 0.4) is 0 Å². The highest BCUT2D eigenvalue weighted by Gasteiger charge is 2.26. The predicted octanol–water partition coefficient (Wildman–Crippen LogP) is 2.96. The molecule has 1 aliphatic heterocycles. The van der Waals surface area contributed by atoms with Crippen molar-refractivity contribution in [3.8, 4) is 5.75 Å². The van der Waals surface area contributed by atoms with Gasteiger partial charge in [-0.15, -0.1) is 6.58 Å². The zero-order valence-corrected chi connectivity index (χ0v) is 11.0. The maximum atomic E-state index is 13.8. The van der Waals surface area contributed by atoms with Crippen molar-refractivity contribution < 1.29 is 13.5 Å². The molecule has 1 aromatic carbocycles. The zero-order valence-electron chi connectivity index (χ0n) is 11.0. The summed E-state index contributed by atoms with van der Waals surface area (Å²) in [5.41, 5.74) is 0.521. The number of aromatic nitrogens is 1. The molecule has 1 atom stereocenters. The van der Waals surface area contributed by atoms with E-state index in [4.69, 9.17) is 4.74 Å². The third kappa shape index (κ3) is 1.66. The van der Waals surface area contributed by atoms with Gasteiger partial charge < -0.3 is 9.30 Å². The molecule has 3 rings (SSSR count). The fourth-order valence-electron chi connectivity index (χ4n) is 2.55. The minimum absolute atomic E-state index is 0.0565. The van der Waals surface area contributed by atoms with E-state index in [1.807, 2.05) is 6.92 Å². The molecule has 104 valence electrons. The number of benzene rings is 1. The molecule has 0 fully saturated rings. The molecule has 0 radical (unpaired) electrons. The Labute approximate surface area is 114 Å². The molecular weight excluding hydrogens is 264 g/mol. The van der Waals surface area contributed by atoms with Crippen molar-refractivity contribution in [2.75, 3.05) is 6.61 Å². The number of ether oxygens (including phenoxy) is 1. The fraction of sp³-hybridized carbons (Fsp3) is 0.267. The summed E-state index contributed by atoms with van der Waals surface area (Å²) >= 11 is 0. The number of hydrogen-bond acceptors (Lipinski definition) is 2. The minimum Gasteiger partial charge on any atom is -0.486 e. The van der Waals surface area contributed by atoms with Crippen LogP contribution in [0.5, 0.6) is 5.75 Å². The molecule has 1 unspecified atom stereocenters. The van der Waals surface area contributed by atoms with Gasteiger partial charge >= 0.3 is 0 Å². The fourth-order valence-corrected chi connectivity index (χ4v) is 2.55. The molecule has 0 bridgehead atoms. The van der Waals surface area contributed by atoms with Crippen LogP contribution in [0.15, 0.2) is 29.7 Å². The maximum absolute atomic E-state index is 13.8. The highest BCUT2D eigenvalue weighted by molar-refractivity contribution is 5.86. The van der Waals surface area contributed by atoms with E-state index in [9.17, 15) is 13.6 Å². The summed E-state index contributed by atoms with van der Waals surface area (Å²) in [6.07, 6.45) is 3.68. The van der Waals surface area contributed by atoms with Crippen LogP contribution >= 0.6 is 0 Å². The first-order chi connectivity index (χ1) is 9.54. The molecule has 0 saturated heterocycles. The Hall–Kier alpha value is -2.17. The van der Waals surface area contributed by atoms with Gasteiger partial charge in [0.1, 0.15) is 6.61 Å². The second-order valence-electron chi connectivity index (χ2n) is 4.94. The standard InChI is InChI=1S/C15H13F2NO2/c1-3-4-9-6-18-8(2)7-20-15-12(17)11(16)5-10(13(15)18)14(9)19/h3,5-6,8H,1,4,7H2,2H3.